The van der Waals surface area contributed by atoms with Gasteiger partial charge in [-0.3, -0.25) is 0 Å². The number of halogens is 2. The van der Waals surface area contributed by atoms with Crippen LogP contribution in [0.15, 0.2) is 0 Å². The predicted octanol–water partition coefficient (Wildman–Crippen LogP) is 1.41. The van der Waals surface area contributed by atoms with E-state index in [1.807, 2.05) is 0 Å². The number of hydrogen-bond donors (Lipinski definition) is 2. The molecule has 0 saturated carbocycles. The highest BCUT2D eigenvalue weighted by atomic mass is 35.5. The van der Waals surface area contributed by atoms with Gasteiger partial charge < -0.3 is 11.5 Å². The van der Waals surface area contributed by atoms with E-state index in [1.54, 1.807) is 0 Å². The van der Waals surface area contributed by atoms with Crippen LogP contribution in [0.5, 0.6) is 0 Å². The zero-order valence-corrected chi connectivity index (χ0v) is 7.88. The lowest BCUT2D eigenvalue weighted by atomic mass is 10.3. The first-order valence-corrected chi connectivity index (χ1v) is 4.49. The second-order valence-electron chi connectivity index (χ2n) is 1.96. The Bertz CT molecular complexity index is 250. The average molecular weight is 212 g/mol. The Hall–Kier alpha value is 0.130. The molecule has 6 heteroatoms. The number of nitrogens with two attached hydrogens (primary N) is 2. The Balaban J connectivity index is 2.93. The van der Waals surface area contributed by atoms with E-state index in [9.17, 15) is 0 Å². The van der Waals surface area contributed by atoms with E-state index in [0.29, 0.717) is 16.2 Å². The fourth-order valence-electron chi connectivity index (χ4n) is 0.624. The molecule has 1 atom stereocenters. The minimum atomic E-state index is -0.257. The minimum Gasteiger partial charge on any atom is -0.329 e. The molecule has 3 nitrogen and oxygen atoms in total. The van der Waals surface area contributed by atoms with Crippen molar-refractivity contribution in [3.8, 4) is 0 Å². The molecule has 0 aromatic carbocycles. The van der Waals surface area contributed by atoms with Crippen LogP contribution in [0.2, 0.25) is 9.62 Å². The van der Waals surface area contributed by atoms with Crippen molar-refractivity contribution in [2.24, 2.45) is 11.5 Å². The molecule has 0 bridgehead atoms. The first-order valence-electron chi connectivity index (χ1n) is 2.92. The average Bonchev–Trinajstić information content (AvgIpc) is 2.28. The number of nitrogens with zero attached hydrogens (tertiary/aromatic N) is 1. The molecule has 0 aliphatic rings. The molecule has 0 spiro atoms. The number of thiazole rings is 1. The smallest absolute Gasteiger partial charge is 0.185 e. The summed E-state index contributed by atoms with van der Waals surface area (Å²) in [4.78, 5) is 4.54. The van der Waals surface area contributed by atoms with Crippen LogP contribution in [-0.4, -0.2) is 11.5 Å². The zero-order valence-electron chi connectivity index (χ0n) is 5.55. The third-order valence-corrected chi connectivity index (χ3v) is 2.87. The van der Waals surface area contributed by atoms with Gasteiger partial charge in [0, 0.05) is 6.54 Å². The summed E-state index contributed by atoms with van der Waals surface area (Å²) in [7, 11) is 0. The van der Waals surface area contributed by atoms with Crippen LogP contribution in [-0.2, 0) is 0 Å². The van der Waals surface area contributed by atoms with Gasteiger partial charge in [-0.05, 0) is 0 Å². The fourth-order valence-corrected chi connectivity index (χ4v) is 2.09. The number of aromatic nitrogens is 1. The lowest BCUT2D eigenvalue weighted by molar-refractivity contribution is 0.750. The summed E-state index contributed by atoms with van der Waals surface area (Å²) >= 11 is 12.6. The highest BCUT2D eigenvalue weighted by molar-refractivity contribution is 7.16. The normalized spacial score (nSPS) is 13.5. The summed E-state index contributed by atoms with van der Waals surface area (Å²) < 4.78 is 0.397. The Labute approximate surface area is 78.3 Å². The largest absolute Gasteiger partial charge is 0.329 e. The van der Waals surface area contributed by atoms with Gasteiger partial charge in [0.25, 0.3) is 0 Å². The second-order valence-corrected chi connectivity index (χ2v) is 3.93. The molecule has 62 valence electrons. The summed E-state index contributed by atoms with van der Waals surface area (Å²) in [5.74, 6) is 0. The van der Waals surface area contributed by atoms with Crippen LogP contribution in [0.3, 0.4) is 0 Å². The third kappa shape index (κ3) is 2.04. The monoisotopic (exact) mass is 211 g/mol. The van der Waals surface area contributed by atoms with Gasteiger partial charge in [0.05, 0.1) is 10.9 Å². The SMILES string of the molecule is NCC(N)c1sc(Cl)nc1Cl. The van der Waals surface area contributed by atoms with Crippen molar-refractivity contribution in [2.45, 2.75) is 6.04 Å². The standard InChI is InChI=1S/C5H7Cl2N3S/c6-4-3(2(9)1-8)11-5(7)10-4/h2H,1,8-9H2. The van der Waals surface area contributed by atoms with Crippen molar-refractivity contribution in [1.82, 2.24) is 4.98 Å². The first kappa shape index (κ1) is 9.22. The Kier molecular flexibility index (Phi) is 3.09. The molecule has 1 rings (SSSR count). The molecule has 1 heterocycles. The van der Waals surface area contributed by atoms with E-state index in [-0.39, 0.29) is 6.04 Å². The van der Waals surface area contributed by atoms with Crippen LogP contribution < -0.4 is 11.5 Å². The predicted molar refractivity (Wildman–Crippen MR) is 48.1 cm³/mol. The van der Waals surface area contributed by atoms with Crippen LogP contribution in [0.1, 0.15) is 10.9 Å². The number of hydrogen-bond acceptors (Lipinski definition) is 4. The maximum Gasteiger partial charge on any atom is 0.185 e. The van der Waals surface area contributed by atoms with E-state index in [0.717, 1.165) is 4.88 Å². The third-order valence-electron chi connectivity index (χ3n) is 1.17. The summed E-state index contributed by atoms with van der Waals surface area (Å²) in [6.07, 6.45) is 0. The van der Waals surface area contributed by atoms with Gasteiger partial charge in [0.1, 0.15) is 5.15 Å². The fraction of sp³-hybridized carbons (Fsp3) is 0.400. The second kappa shape index (κ2) is 3.69. The highest BCUT2D eigenvalue weighted by Crippen LogP contribution is 2.30. The molecule has 11 heavy (non-hydrogen) atoms. The van der Waals surface area contributed by atoms with Crippen molar-refractivity contribution in [3.05, 3.63) is 14.5 Å². The van der Waals surface area contributed by atoms with E-state index >= 15 is 0 Å². The maximum atomic E-state index is 5.70. The zero-order chi connectivity index (χ0) is 8.43. The van der Waals surface area contributed by atoms with Crippen molar-refractivity contribution in [3.63, 3.8) is 0 Å². The van der Waals surface area contributed by atoms with Gasteiger partial charge in [-0.1, -0.05) is 23.2 Å². The Morgan fingerprint density at radius 3 is 2.55 bits per heavy atom. The molecule has 0 radical (unpaired) electrons. The van der Waals surface area contributed by atoms with Gasteiger partial charge in [0.2, 0.25) is 0 Å². The van der Waals surface area contributed by atoms with Crippen molar-refractivity contribution < 1.29 is 0 Å². The van der Waals surface area contributed by atoms with E-state index < -0.39 is 0 Å². The van der Waals surface area contributed by atoms with Crippen molar-refractivity contribution in [2.75, 3.05) is 6.54 Å². The van der Waals surface area contributed by atoms with Crippen LogP contribution >= 0.6 is 34.5 Å². The first-order chi connectivity index (χ1) is 5.15. The topological polar surface area (TPSA) is 64.9 Å². The quantitative estimate of drug-likeness (QED) is 0.778. The Morgan fingerprint density at radius 2 is 2.18 bits per heavy atom. The van der Waals surface area contributed by atoms with Gasteiger partial charge >= 0.3 is 0 Å². The van der Waals surface area contributed by atoms with E-state index in [4.69, 9.17) is 34.7 Å². The van der Waals surface area contributed by atoms with Crippen molar-refractivity contribution >= 4 is 34.5 Å². The van der Waals surface area contributed by atoms with Gasteiger partial charge in [0.15, 0.2) is 4.47 Å². The molecule has 0 fully saturated rings. The van der Waals surface area contributed by atoms with Crippen LogP contribution in [0.4, 0.5) is 0 Å². The summed E-state index contributed by atoms with van der Waals surface area (Å²) in [6, 6.07) is -0.257. The van der Waals surface area contributed by atoms with Crippen LogP contribution in [0.25, 0.3) is 0 Å². The molecular weight excluding hydrogens is 205 g/mol. The van der Waals surface area contributed by atoms with Gasteiger partial charge in [-0.25, -0.2) is 4.98 Å². The molecule has 4 N–H and O–H groups in total. The minimum absolute atomic E-state index is 0.257. The van der Waals surface area contributed by atoms with Crippen LogP contribution in [0, 0.1) is 0 Å². The lowest BCUT2D eigenvalue weighted by Gasteiger charge is -2.03. The number of rotatable bonds is 2. The molecule has 0 amide bonds. The highest BCUT2D eigenvalue weighted by Gasteiger charge is 2.13. The van der Waals surface area contributed by atoms with E-state index in [2.05, 4.69) is 4.98 Å². The van der Waals surface area contributed by atoms with Crippen molar-refractivity contribution in [1.29, 1.82) is 0 Å². The van der Waals surface area contributed by atoms with Gasteiger partial charge in [-0.15, -0.1) is 11.3 Å². The molecule has 0 saturated heterocycles. The van der Waals surface area contributed by atoms with Gasteiger partial charge in [-0.2, -0.15) is 0 Å². The molecular formula is C5H7Cl2N3S. The molecule has 1 aromatic rings. The molecule has 0 aliphatic carbocycles. The summed E-state index contributed by atoms with van der Waals surface area (Å²) in [6.45, 7) is 0.345. The lowest BCUT2D eigenvalue weighted by Crippen LogP contribution is -2.19. The molecule has 1 aromatic heterocycles. The molecule has 0 aliphatic heterocycles. The summed E-state index contributed by atoms with van der Waals surface area (Å²) in [5.41, 5.74) is 10.9. The summed E-state index contributed by atoms with van der Waals surface area (Å²) in [5, 5.41) is 0.359. The van der Waals surface area contributed by atoms with E-state index in [1.165, 1.54) is 11.3 Å². The molecule has 1 unspecified atom stereocenters. The Morgan fingerprint density at radius 1 is 1.55 bits per heavy atom. The maximum absolute atomic E-state index is 5.70.